The molecule has 1 aromatic carbocycles. The van der Waals surface area contributed by atoms with Gasteiger partial charge >= 0.3 is 5.97 Å². The van der Waals surface area contributed by atoms with E-state index < -0.39 is 24.2 Å². The molecule has 106 valence electrons. The van der Waals surface area contributed by atoms with Crippen LogP contribution in [0.5, 0.6) is 5.75 Å². The van der Waals surface area contributed by atoms with E-state index in [1.165, 1.54) is 0 Å². The van der Waals surface area contributed by atoms with Crippen molar-refractivity contribution in [2.24, 2.45) is 0 Å². The molecule has 1 aromatic rings. The van der Waals surface area contributed by atoms with Gasteiger partial charge < -0.3 is 14.7 Å². The number of carbonyl (C=O) groups excluding carboxylic acids is 1. The number of nitrogens with one attached hydrogen (secondary N) is 1. The summed E-state index contributed by atoms with van der Waals surface area (Å²) in [6, 6.07) is 3.34. The molecule has 0 heterocycles. The summed E-state index contributed by atoms with van der Waals surface area (Å²) in [6.07, 6.45) is -2.70. The minimum Gasteiger partial charge on any atom is -0.595 e. The van der Waals surface area contributed by atoms with Crippen molar-refractivity contribution < 1.29 is 33.5 Å². The fourth-order valence-electron chi connectivity index (χ4n) is 1.31. The normalized spacial score (nSPS) is 12.3. The number of esters is 1. The average molecular weight is 277 g/mol. The first-order valence-electron chi connectivity index (χ1n) is 5.41. The lowest BCUT2D eigenvalue weighted by atomic mass is 10.2. The van der Waals surface area contributed by atoms with E-state index in [9.17, 15) is 18.8 Å². The molecule has 0 saturated carbocycles. The number of rotatable bonds is 6. The second-order valence-corrected chi connectivity index (χ2v) is 3.44. The lowest BCUT2D eigenvalue weighted by molar-refractivity contribution is -0.991. The van der Waals surface area contributed by atoms with Gasteiger partial charge in [0.1, 0.15) is 17.9 Å². The van der Waals surface area contributed by atoms with E-state index in [2.05, 4.69) is 0 Å². The van der Waals surface area contributed by atoms with Crippen LogP contribution in [0.2, 0.25) is 0 Å². The van der Waals surface area contributed by atoms with E-state index in [0.29, 0.717) is 0 Å². The zero-order valence-electron chi connectivity index (χ0n) is 10.1. The van der Waals surface area contributed by atoms with Crippen LogP contribution < -0.4 is 9.96 Å². The molecule has 8 heteroatoms. The van der Waals surface area contributed by atoms with Crippen LogP contribution >= 0.6 is 0 Å². The van der Waals surface area contributed by atoms with Gasteiger partial charge in [0.2, 0.25) is 0 Å². The Morgan fingerprint density at radius 1 is 1.53 bits per heavy atom. The third-order valence-corrected chi connectivity index (χ3v) is 2.09. The average Bonchev–Trinajstić information content (AvgIpc) is 2.36. The van der Waals surface area contributed by atoms with Crippen molar-refractivity contribution in [2.75, 3.05) is 13.2 Å². The minimum absolute atomic E-state index is 0.0738. The molecule has 6 nitrogen and oxygen atoms in total. The van der Waals surface area contributed by atoms with Gasteiger partial charge in [0.05, 0.1) is 6.61 Å². The highest BCUT2D eigenvalue weighted by molar-refractivity contribution is 5.93. The van der Waals surface area contributed by atoms with Gasteiger partial charge in [-0.05, 0) is 13.0 Å². The standard InChI is InChI=1S/C11H13F2NO5/c1-2-18-11(15)8-5-7(14(16)17)3-4-9(8)19-6-10(12)13/h3-5,10,14,16H,2,6H2,1H3. The number of hydrogen-bond donors (Lipinski definition) is 2. The monoisotopic (exact) mass is 277 g/mol. The van der Waals surface area contributed by atoms with Crippen LogP contribution in [-0.2, 0) is 4.74 Å². The number of ether oxygens (including phenoxy) is 2. The lowest BCUT2D eigenvalue weighted by Crippen LogP contribution is -2.99. The van der Waals surface area contributed by atoms with Gasteiger partial charge in [-0.1, -0.05) is 0 Å². The number of benzene rings is 1. The molecular weight excluding hydrogens is 264 g/mol. The van der Waals surface area contributed by atoms with Crippen LogP contribution in [0, 0.1) is 5.21 Å². The van der Waals surface area contributed by atoms with Gasteiger partial charge in [-0.2, -0.15) is 5.23 Å². The Morgan fingerprint density at radius 3 is 2.74 bits per heavy atom. The molecule has 0 saturated heterocycles. The van der Waals surface area contributed by atoms with Gasteiger partial charge in [0.25, 0.3) is 6.43 Å². The van der Waals surface area contributed by atoms with E-state index in [1.807, 2.05) is 0 Å². The first-order valence-corrected chi connectivity index (χ1v) is 5.41. The zero-order chi connectivity index (χ0) is 14.4. The Morgan fingerprint density at radius 2 is 2.21 bits per heavy atom. The Labute approximate surface area is 107 Å². The van der Waals surface area contributed by atoms with Crippen molar-refractivity contribution in [3.05, 3.63) is 29.0 Å². The lowest BCUT2D eigenvalue weighted by Gasteiger charge is -2.15. The van der Waals surface area contributed by atoms with E-state index in [1.54, 1.807) is 6.92 Å². The topological polar surface area (TPSA) is 83.3 Å². The molecule has 1 atom stereocenters. The van der Waals surface area contributed by atoms with Crippen molar-refractivity contribution in [3.8, 4) is 5.75 Å². The van der Waals surface area contributed by atoms with Crippen LogP contribution in [0.1, 0.15) is 17.3 Å². The van der Waals surface area contributed by atoms with Crippen LogP contribution in [0.25, 0.3) is 0 Å². The van der Waals surface area contributed by atoms with Crippen molar-refractivity contribution in [3.63, 3.8) is 0 Å². The molecule has 1 unspecified atom stereocenters. The molecule has 0 aliphatic rings. The third kappa shape index (κ3) is 4.43. The summed E-state index contributed by atoms with van der Waals surface area (Å²) in [5.74, 6) is -0.960. The summed E-state index contributed by atoms with van der Waals surface area (Å²) in [6.45, 7) is 0.752. The third-order valence-electron chi connectivity index (χ3n) is 2.09. The molecule has 2 N–H and O–H groups in total. The molecule has 1 rings (SSSR count). The maximum atomic E-state index is 12.1. The molecule has 0 fully saturated rings. The van der Waals surface area contributed by atoms with Gasteiger partial charge in [-0.25, -0.2) is 18.8 Å². The highest BCUT2D eigenvalue weighted by Gasteiger charge is 2.18. The molecular formula is C11H13F2NO5. The van der Waals surface area contributed by atoms with Crippen molar-refractivity contribution >= 4 is 11.7 Å². The summed E-state index contributed by atoms with van der Waals surface area (Å²) in [5, 5.41) is 18.4. The number of quaternary nitrogens is 1. The Hall–Kier alpha value is -1.77. The maximum Gasteiger partial charge on any atom is 0.342 e. The number of halogens is 2. The van der Waals surface area contributed by atoms with Crippen LogP contribution in [0.3, 0.4) is 0 Å². The van der Waals surface area contributed by atoms with Crippen molar-refractivity contribution in [1.82, 2.24) is 0 Å². The number of hydrogen-bond acceptors (Lipinski definition) is 5. The van der Waals surface area contributed by atoms with Crippen molar-refractivity contribution in [2.45, 2.75) is 13.3 Å². The van der Waals surface area contributed by atoms with Crippen LogP contribution in [-0.4, -0.2) is 30.8 Å². The minimum atomic E-state index is -2.70. The summed E-state index contributed by atoms with van der Waals surface area (Å²) in [4.78, 5) is 11.6. The summed E-state index contributed by atoms with van der Waals surface area (Å²) in [5.41, 5.74) is -0.352. The molecule has 0 radical (unpaired) electrons. The smallest absolute Gasteiger partial charge is 0.342 e. The number of carbonyl (C=O) groups is 1. The highest BCUT2D eigenvalue weighted by atomic mass is 19.3. The molecule has 0 aliphatic carbocycles. The molecule has 0 aromatic heterocycles. The second kappa shape index (κ2) is 6.98. The van der Waals surface area contributed by atoms with E-state index in [-0.39, 0.29) is 23.6 Å². The quantitative estimate of drug-likeness (QED) is 0.596. The molecule has 19 heavy (non-hydrogen) atoms. The summed E-state index contributed by atoms with van der Waals surface area (Å²) >= 11 is 0. The summed E-state index contributed by atoms with van der Waals surface area (Å²) < 4.78 is 33.6. The van der Waals surface area contributed by atoms with Crippen LogP contribution in [0.4, 0.5) is 14.5 Å². The fourth-order valence-corrected chi connectivity index (χ4v) is 1.31. The molecule has 0 aliphatic heterocycles. The molecule has 0 bridgehead atoms. The number of alkyl halides is 2. The summed E-state index contributed by atoms with van der Waals surface area (Å²) in [7, 11) is 0. The first kappa shape index (κ1) is 15.3. The SMILES string of the molecule is CCOC(=O)c1cc([NH+]([O-])O)ccc1OCC(F)F. The van der Waals surface area contributed by atoms with Gasteiger partial charge in [0.15, 0.2) is 5.69 Å². The predicted molar refractivity (Wildman–Crippen MR) is 59.7 cm³/mol. The Balaban J connectivity index is 3.03. The van der Waals surface area contributed by atoms with E-state index in [0.717, 1.165) is 18.2 Å². The van der Waals surface area contributed by atoms with Gasteiger partial charge in [-0.15, -0.1) is 0 Å². The fraction of sp³-hybridized carbons (Fsp3) is 0.364. The van der Waals surface area contributed by atoms with Gasteiger partial charge in [0, 0.05) is 12.1 Å². The van der Waals surface area contributed by atoms with Crippen LogP contribution in [0.15, 0.2) is 18.2 Å². The first-order chi connectivity index (χ1) is 8.95. The Bertz CT molecular complexity index is 439. The Kier molecular flexibility index (Phi) is 5.61. The second-order valence-electron chi connectivity index (χ2n) is 3.44. The van der Waals surface area contributed by atoms with E-state index >= 15 is 0 Å². The van der Waals surface area contributed by atoms with Gasteiger partial charge in [-0.3, -0.25) is 0 Å². The predicted octanol–water partition coefficient (Wildman–Crippen LogP) is 0.911. The highest BCUT2D eigenvalue weighted by Crippen LogP contribution is 2.22. The molecule has 0 spiro atoms. The molecule has 0 amide bonds. The van der Waals surface area contributed by atoms with E-state index in [4.69, 9.17) is 14.7 Å². The largest absolute Gasteiger partial charge is 0.595 e. The van der Waals surface area contributed by atoms with Crippen molar-refractivity contribution in [1.29, 1.82) is 0 Å². The zero-order valence-corrected chi connectivity index (χ0v) is 10.1. The maximum absolute atomic E-state index is 12.1.